The van der Waals surface area contributed by atoms with Crippen molar-refractivity contribution < 1.29 is 5.11 Å². The lowest BCUT2D eigenvalue weighted by atomic mass is 9.82. The number of rotatable bonds is 6. The summed E-state index contributed by atoms with van der Waals surface area (Å²) < 4.78 is 1.90. The van der Waals surface area contributed by atoms with Crippen LogP contribution in [0.3, 0.4) is 0 Å². The molecule has 0 aromatic carbocycles. The van der Waals surface area contributed by atoms with Crippen LogP contribution in [-0.2, 0) is 13.0 Å². The molecule has 1 rings (SSSR count). The molecular formula is C13H25N3O. The van der Waals surface area contributed by atoms with Crippen molar-refractivity contribution in [3.63, 3.8) is 0 Å². The number of aromatic nitrogens is 3. The van der Waals surface area contributed by atoms with E-state index in [0.29, 0.717) is 12.3 Å². The molecular weight excluding hydrogens is 214 g/mol. The molecule has 17 heavy (non-hydrogen) atoms. The Morgan fingerprint density at radius 2 is 2.06 bits per heavy atom. The van der Waals surface area contributed by atoms with Gasteiger partial charge in [-0.25, -0.2) is 9.67 Å². The Hall–Kier alpha value is -0.900. The first kappa shape index (κ1) is 14.2. The van der Waals surface area contributed by atoms with E-state index in [4.69, 9.17) is 0 Å². The highest BCUT2D eigenvalue weighted by atomic mass is 16.3. The quantitative estimate of drug-likeness (QED) is 0.828. The van der Waals surface area contributed by atoms with Gasteiger partial charge in [0.25, 0.3) is 0 Å². The molecule has 4 heteroatoms. The average molecular weight is 239 g/mol. The lowest BCUT2D eigenvalue weighted by Crippen LogP contribution is -2.31. The van der Waals surface area contributed by atoms with Crippen molar-refractivity contribution in [3.8, 4) is 0 Å². The van der Waals surface area contributed by atoms with Crippen LogP contribution < -0.4 is 0 Å². The normalized spacial score (nSPS) is 14.3. The summed E-state index contributed by atoms with van der Waals surface area (Å²) in [5.74, 6) is 1.42. The number of hydrogen-bond acceptors (Lipinski definition) is 3. The van der Waals surface area contributed by atoms with Crippen molar-refractivity contribution in [1.82, 2.24) is 14.8 Å². The van der Waals surface area contributed by atoms with Crippen molar-refractivity contribution in [2.24, 2.45) is 11.3 Å². The predicted octanol–water partition coefficient (Wildman–Crippen LogP) is 2.27. The minimum atomic E-state index is -0.373. The molecule has 1 aromatic heterocycles. The summed E-state index contributed by atoms with van der Waals surface area (Å²) in [6, 6.07) is 0. The van der Waals surface area contributed by atoms with Crippen molar-refractivity contribution >= 4 is 0 Å². The maximum Gasteiger partial charge on any atom is 0.138 e. The molecule has 1 atom stereocenters. The summed E-state index contributed by atoms with van der Waals surface area (Å²) in [7, 11) is 0. The number of aliphatic hydroxyl groups excluding tert-OH is 1. The number of hydrogen-bond donors (Lipinski definition) is 1. The fourth-order valence-electron chi connectivity index (χ4n) is 1.63. The molecule has 0 spiro atoms. The smallest absolute Gasteiger partial charge is 0.138 e. The van der Waals surface area contributed by atoms with E-state index in [1.165, 1.54) is 0 Å². The second-order valence-electron chi connectivity index (χ2n) is 5.81. The van der Waals surface area contributed by atoms with Gasteiger partial charge < -0.3 is 5.11 Å². The second-order valence-corrected chi connectivity index (χ2v) is 5.81. The Labute approximate surface area is 104 Å². The molecule has 0 aliphatic rings. The number of nitrogens with zero attached hydrogens (tertiary/aromatic N) is 3. The fraction of sp³-hybridized carbons (Fsp3) is 0.846. The van der Waals surface area contributed by atoms with E-state index in [1.807, 2.05) is 4.68 Å². The molecule has 1 heterocycles. The molecule has 0 aliphatic heterocycles. The first-order valence-electron chi connectivity index (χ1n) is 6.41. The molecule has 0 bridgehead atoms. The first-order valence-corrected chi connectivity index (χ1v) is 6.41. The first-order chi connectivity index (χ1) is 7.86. The van der Waals surface area contributed by atoms with E-state index >= 15 is 0 Å². The molecule has 98 valence electrons. The summed E-state index contributed by atoms with van der Waals surface area (Å²) >= 11 is 0. The highest BCUT2D eigenvalue weighted by Gasteiger charge is 2.27. The standard InChI is InChI=1S/C13H25N3O/c1-6-13(4,5)11(17)7-12-14-9-15-16(12)8-10(2)3/h9-11,17H,6-8H2,1-5H3. The zero-order valence-electron chi connectivity index (χ0n) is 11.6. The van der Waals surface area contributed by atoms with Crippen LogP contribution in [0.1, 0.15) is 46.9 Å². The minimum Gasteiger partial charge on any atom is -0.392 e. The summed E-state index contributed by atoms with van der Waals surface area (Å²) in [5.41, 5.74) is -0.0748. The van der Waals surface area contributed by atoms with E-state index in [9.17, 15) is 5.11 Å². The van der Waals surface area contributed by atoms with Crippen LogP contribution >= 0.6 is 0 Å². The molecule has 1 unspecified atom stereocenters. The average Bonchev–Trinajstić information content (AvgIpc) is 2.64. The third-order valence-corrected chi connectivity index (χ3v) is 3.42. The van der Waals surface area contributed by atoms with Gasteiger partial charge in [0, 0.05) is 13.0 Å². The van der Waals surface area contributed by atoms with Crippen LogP contribution in [-0.4, -0.2) is 26.0 Å². The van der Waals surface area contributed by atoms with Crippen LogP contribution in [0.25, 0.3) is 0 Å². The molecule has 1 N–H and O–H groups in total. The van der Waals surface area contributed by atoms with Crippen LogP contribution in [0.2, 0.25) is 0 Å². The van der Waals surface area contributed by atoms with Crippen LogP contribution in [0.5, 0.6) is 0 Å². The summed E-state index contributed by atoms with van der Waals surface area (Å²) in [6.07, 6.45) is 2.73. The Kier molecular flexibility index (Phi) is 4.69. The molecule has 0 fully saturated rings. The highest BCUT2D eigenvalue weighted by Crippen LogP contribution is 2.26. The second kappa shape index (κ2) is 5.63. The molecule has 4 nitrogen and oxygen atoms in total. The summed E-state index contributed by atoms with van der Waals surface area (Å²) in [6.45, 7) is 11.4. The van der Waals surface area contributed by atoms with Gasteiger partial charge in [0.1, 0.15) is 12.2 Å². The molecule has 0 radical (unpaired) electrons. The Morgan fingerprint density at radius 1 is 1.41 bits per heavy atom. The minimum absolute atomic E-state index is 0.0748. The number of aliphatic hydroxyl groups is 1. The third-order valence-electron chi connectivity index (χ3n) is 3.42. The van der Waals surface area contributed by atoms with E-state index < -0.39 is 0 Å². The Bertz CT molecular complexity index is 344. The predicted molar refractivity (Wildman–Crippen MR) is 68.6 cm³/mol. The van der Waals surface area contributed by atoms with Gasteiger partial charge in [-0.05, 0) is 17.8 Å². The largest absolute Gasteiger partial charge is 0.392 e. The lowest BCUT2D eigenvalue weighted by molar-refractivity contribution is 0.0453. The van der Waals surface area contributed by atoms with Crippen LogP contribution in [0.15, 0.2) is 6.33 Å². The van der Waals surface area contributed by atoms with E-state index in [1.54, 1.807) is 6.33 Å². The van der Waals surface area contributed by atoms with Gasteiger partial charge in [-0.2, -0.15) is 5.10 Å². The van der Waals surface area contributed by atoms with Gasteiger partial charge in [0.2, 0.25) is 0 Å². The Morgan fingerprint density at radius 3 is 2.59 bits per heavy atom. The van der Waals surface area contributed by atoms with Gasteiger partial charge in [-0.1, -0.05) is 34.6 Å². The van der Waals surface area contributed by atoms with Crippen molar-refractivity contribution in [2.75, 3.05) is 0 Å². The highest BCUT2D eigenvalue weighted by molar-refractivity contribution is 4.91. The molecule has 0 saturated carbocycles. The fourth-order valence-corrected chi connectivity index (χ4v) is 1.63. The van der Waals surface area contributed by atoms with Gasteiger partial charge >= 0.3 is 0 Å². The summed E-state index contributed by atoms with van der Waals surface area (Å²) in [5, 5.41) is 14.4. The monoisotopic (exact) mass is 239 g/mol. The zero-order chi connectivity index (χ0) is 13.1. The van der Waals surface area contributed by atoms with Crippen molar-refractivity contribution in [3.05, 3.63) is 12.2 Å². The van der Waals surface area contributed by atoms with E-state index in [0.717, 1.165) is 18.8 Å². The van der Waals surface area contributed by atoms with E-state index in [-0.39, 0.29) is 11.5 Å². The summed E-state index contributed by atoms with van der Waals surface area (Å²) in [4.78, 5) is 4.25. The molecule has 0 aliphatic carbocycles. The van der Waals surface area contributed by atoms with Crippen LogP contribution in [0.4, 0.5) is 0 Å². The van der Waals surface area contributed by atoms with Gasteiger partial charge in [0.15, 0.2) is 0 Å². The molecule has 0 saturated heterocycles. The topological polar surface area (TPSA) is 50.9 Å². The Balaban J connectivity index is 2.72. The third kappa shape index (κ3) is 3.80. The van der Waals surface area contributed by atoms with Crippen molar-refractivity contribution in [1.29, 1.82) is 0 Å². The maximum atomic E-state index is 10.2. The van der Waals surface area contributed by atoms with Crippen molar-refractivity contribution in [2.45, 2.75) is 60.1 Å². The molecule has 1 aromatic rings. The maximum absolute atomic E-state index is 10.2. The zero-order valence-corrected chi connectivity index (χ0v) is 11.6. The van der Waals surface area contributed by atoms with Gasteiger partial charge in [-0.3, -0.25) is 0 Å². The van der Waals surface area contributed by atoms with E-state index in [2.05, 4.69) is 44.7 Å². The molecule has 0 amide bonds. The van der Waals surface area contributed by atoms with Crippen LogP contribution in [0, 0.1) is 11.3 Å². The lowest BCUT2D eigenvalue weighted by Gasteiger charge is -2.29. The van der Waals surface area contributed by atoms with Gasteiger partial charge in [0.05, 0.1) is 6.10 Å². The SMILES string of the molecule is CCC(C)(C)C(O)Cc1ncnn1CC(C)C. The van der Waals surface area contributed by atoms with Gasteiger partial charge in [-0.15, -0.1) is 0 Å².